The van der Waals surface area contributed by atoms with Crippen molar-refractivity contribution in [2.24, 2.45) is 11.7 Å². The Bertz CT molecular complexity index is 596. The van der Waals surface area contributed by atoms with Crippen LogP contribution in [0.3, 0.4) is 0 Å². The van der Waals surface area contributed by atoms with Crippen LogP contribution in [0, 0.1) is 5.92 Å². The number of halogens is 1. The molecule has 1 aliphatic heterocycles. The van der Waals surface area contributed by atoms with Crippen molar-refractivity contribution < 1.29 is 0 Å². The van der Waals surface area contributed by atoms with E-state index in [1.54, 1.807) is 0 Å². The fourth-order valence-electron chi connectivity index (χ4n) is 2.96. The third-order valence-corrected chi connectivity index (χ3v) is 4.68. The minimum Gasteiger partial charge on any atom is -0.335 e. The number of rotatable bonds is 3. The van der Waals surface area contributed by atoms with E-state index in [1.165, 1.54) is 12.8 Å². The van der Waals surface area contributed by atoms with E-state index in [1.807, 2.05) is 22.8 Å². The van der Waals surface area contributed by atoms with Gasteiger partial charge in [0.2, 0.25) is 5.95 Å². The summed E-state index contributed by atoms with van der Waals surface area (Å²) in [5, 5.41) is 4.59. The summed E-state index contributed by atoms with van der Waals surface area (Å²) in [5.74, 6) is 1.58. The smallest absolute Gasteiger partial charge is 0.245 e. The van der Waals surface area contributed by atoms with Crippen molar-refractivity contribution in [1.82, 2.24) is 14.6 Å². The topological polar surface area (TPSA) is 59.5 Å². The van der Waals surface area contributed by atoms with E-state index in [0.717, 1.165) is 35.0 Å². The molecule has 3 heterocycles. The molecular formula is C14H20BrN5. The number of aromatic nitrogens is 3. The third-order valence-electron chi connectivity index (χ3n) is 4.21. The Balaban J connectivity index is 1.89. The molecule has 3 rings (SSSR count). The Hall–Kier alpha value is -1.14. The van der Waals surface area contributed by atoms with Crippen LogP contribution in [-0.2, 0) is 0 Å². The number of piperidine rings is 1. The van der Waals surface area contributed by atoms with Gasteiger partial charge in [-0.25, -0.2) is 4.52 Å². The molecule has 2 unspecified atom stereocenters. The summed E-state index contributed by atoms with van der Waals surface area (Å²) in [6, 6.07) is 4.31. The molecule has 0 saturated carbocycles. The van der Waals surface area contributed by atoms with E-state index >= 15 is 0 Å². The van der Waals surface area contributed by atoms with Crippen LogP contribution < -0.4 is 10.6 Å². The molecule has 5 nitrogen and oxygen atoms in total. The van der Waals surface area contributed by atoms with Crippen LogP contribution in [0.2, 0.25) is 0 Å². The largest absolute Gasteiger partial charge is 0.335 e. The van der Waals surface area contributed by atoms with Crippen molar-refractivity contribution in [3.05, 3.63) is 22.8 Å². The highest BCUT2D eigenvalue weighted by atomic mass is 79.9. The molecule has 0 radical (unpaired) electrons. The minimum absolute atomic E-state index is 0.356. The second-order valence-electron chi connectivity index (χ2n) is 5.44. The molecule has 6 heteroatoms. The standard InChI is InChI=1S/C14H20BrN5/c1-2-10-5-6-19(12(7-10)8-16)14-17-13-4-3-11(15)9-20(13)18-14/h3-4,9-10,12H,2,5-8,16H2,1H3. The molecule has 0 bridgehead atoms. The number of hydrogen-bond acceptors (Lipinski definition) is 4. The SMILES string of the molecule is CCC1CCN(c2nc3ccc(Br)cn3n2)C(CN)C1. The van der Waals surface area contributed by atoms with Crippen molar-refractivity contribution in [3.63, 3.8) is 0 Å². The lowest BCUT2D eigenvalue weighted by Crippen LogP contribution is -2.47. The zero-order chi connectivity index (χ0) is 14.1. The van der Waals surface area contributed by atoms with E-state index in [9.17, 15) is 0 Å². The summed E-state index contributed by atoms with van der Waals surface area (Å²) in [6.07, 6.45) is 5.51. The first-order valence-corrected chi connectivity index (χ1v) is 7.99. The van der Waals surface area contributed by atoms with Crippen LogP contribution in [0.5, 0.6) is 0 Å². The first-order valence-electron chi connectivity index (χ1n) is 7.20. The maximum Gasteiger partial charge on any atom is 0.245 e. The average molecular weight is 338 g/mol. The summed E-state index contributed by atoms with van der Waals surface area (Å²) in [5.41, 5.74) is 6.83. The molecule has 2 atom stereocenters. The average Bonchev–Trinajstić information content (AvgIpc) is 2.89. The number of pyridine rings is 1. The molecule has 2 N–H and O–H groups in total. The Morgan fingerprint density at radius 1 is 1.45 bits per heavy atom. The van der Waals surface area contributed by atoms with Crippen LogP contribution in [0.15, 0.2) is 22.8 Å². The zero-order valence-corrected chi connectivity index (χ0v) is 13.3. The van der Waals surface area contributed by atoms with Crippen molar-refractivity contribution in [1.29, 1.82) is 0 Å². The van der Waals surface area contributed by atoms with Gasteiger partial charge in [0.05, 0.1) is 0 Å². The maximum atomic E-state index is 5.95. The fourth-order valence-corrected chi connectivity index (χ4v) is 3.29. The molecule has 0 spiro atoms. The van der Waals surface area contributed by atoms with E-state index in [2.05, 4.69) is 37.8 Å². The van der Waals surface area contributed by atoms with Gasteiger partial charge in [-0.15, -0.1) is 5.10 Å². The van der Waals surface area contributed by atoms with Crippen LogP contribution in [0.25, 0.3) is 5.65 Å². The quantitative estimate of drug-likeness (QED) is 0.934. The molecule has 20 heavy (non-hydrogen) atoms. The minimum atomic E-state index is 0.356. The summed E-state index contributed by atoms with van der Waals surface area (Å²) in [6.45, 7) is 3.92. The summed E-state index contributed by atoms with van der Waals surface area (Å²) in [7, 11) is 0. The zero-order valence-electron chi connectivity index (χ0n) is 11.7. The van der Waals surface area contributed by atoms with E-state index in [-0.39, 0.29) is 0 Å². The number of fused-ring (bicyclic) bond motifs is 1. The predicted octanol–water partition coefficient (Wildman–Crippen LogP) is 2.45. The molecule has 0 aliphatic carbocycles. The first-order chi connectivity index (χ1) is 9.71. The van der Waals surface area contributed by atoms with Crippen LogP contribution in [0.1, 0.15) is 26.2 Å². The molecule has 0 aromatic carbocycles. The molecular weight excluding hydrogens is 318 g/mol. The maximum absolute atomic E-state index is 5.95. The summed E-state index contributed by atoms with van der Waals surface area (Å²) in [4.78, 5) is 6.90. The van der Waals surface area contributed by atoms with E-state index in [0.29, 0.717) is 12.6 Å². The Kier molecular flexibility index (Phi) is 3.94. The lowest BCUT2D eigenvalue weighted by Gasteiger charge is -2.38. The summed E-state index contributed by atoms with van der Waals surface area (Å²) < 4.78 is 2.82. The molecule has 1 aliphatic rings. The third kappa shape index (κ3) is 2.54. The van der Waals surface area contributed by atoms with Crippen molar-refractivity contribution in [3.8, 4) is 0 Å². The highest BCUT2D eigenvalue weighted by Gasteiger charge is 2.29. The Labute approximate surface area is 127 Å². The summed E-state index contributed by atoms with van der Waals surface area (Å²) >= 11 is 3.46. The van der Waals surface area contributed by atoms with Crippen LogP contribution in [0.4, 0.5) is 5.95 Å². The van der Waals surface area contributed by atoms with Crippen LogP contribution in [-0.4, -0.2) is 33.7 Å². The van der Waals surface area contributed by atoms with Gasteiger partial charge in [-0.05, 0) is 46.8 Å². The van der Waals surface area contributed by atoms with Gasteiger partial charge in [0, 0.05) is 29.8 Å². The van der Waals surface area contributed by atoms with Crippen molar-refractivity contribution >= 4 is 27.5 Å². The second kappa shape index (κ2) is 5.69. The second-order valence-corrected chi connectivity index (χ2v) is 6.36. The van der Waals surface area contributed by atoms with Crippen LogP contribution >= 0.6 is 15.9 Å². The van der Waals surface area contributed by atoms with Gasteiger partial charge in [-0.2, -0.15) is 4.98 Å². The first kappa shape index (κ1) is 13.8. The van der Waals surface area contributed by atoms with Gasteiger partial charge in [0.25, 0.3) is 0 Å². The molecule has 2 aromatic heterocycles. The molecule has 108 valence electrons. The molecule has 1 saturated heterocycles. The normalized spacial score (nSPS) is 23.4. The van der Waals surface area contributed by atoms with Gasteiger partial charge in [0.1, 0.15) is 0 Å². The van der Waals surface area contributed by atoms with E-state index in [4.69, 9.17) is 5.73 Å². The monoisotopic (exact) mass is 337 g/mol. The van der Waals surface area contributed by atoms with Gasteiger partial charge in [-0.3, -0.25) is 0 Å². The highest BCUT2D eigenvalue weighted by molar-refractivity contribution is 9.10. The Morgan fingerprint density at radius 3 is 3.05 bits per heavy atom. The number of hydrogen-bond donors (Lipinski definition) is 1. The van der Waals surface area contributed by atoms with Gasteiger partial charge < -0.3 is 10.6 Å². The lowest BCUT2D eigenvalue weighted by atomic mass is 9.89. The number of anilines is 1. The van der Waals surface area contributed by atoms with E-state index < -0.39 is 0 Å². The predicted molar refractivity (Wildman–Crippen MR) is 83.9 cm³/mol. The Morgan fingerprint density at radius 2 is 2.30 bits per heavy atom. The number of nitrogens with two attached hydrogens (primary N) is 1. The van der Waals surface area contributed by atoms with Crippen molar-refractivity contribution in [2.45, 2.75) is 32.2 Å². The number of nitrogens with zero attached hydrogens (tertiary/aromatic N) is 4. The van der Waals surface area contributed by atoms with Gasteiger partial charge in [0.15, 0.2) is 5.65 Å². The fraction of sp³-hybridized carbons (Fsp3) is 0.571. The molecule has 2 aromatic rings. The lowest BCUT2D eigenvalue weighted by molar-refractivity contribution is 0.333. The van der Waals surface area contributed by atoms with Gasteiger partial charge >= 0.3 is 0 Å². The van der Waals surface area contributed by atoms with Crippen molar-refractivity contribution in [2.75, 3.05) is 18.0 Å². The highest BCUT2D eigenvalue weighted by Crippen LogP contribution is 2.28. The van der Waals surface area contributed by atoms with Gasteiger partial charge in [-0.1, -0.05) is 13.3 Å². The molecule has 0 amide bonds. The molecule has 1 fully saturated rings.